The van der Waals surface area contributed by atoms with Crippen LogP contribution in [0.3, 0.4) is 0 Å². The highest BCUT2D eigenvalue weighted by molar-refractivity contribution is 5.31. The topological polar surface area (TPSA) is 29.9 Å². The number of benzene rings is 1. The normalized spacial score (nSPS) is 18.5. The number of rotatable bonds is 5. The van der Waals surface area contributed by atoms with Crippen molar-refractivity contribution < 1.29 is 0 Å². The summed E-state index contributed by atoms with van der Waals surface area (Å²) in [7, 11) is 0. The summed E-state index contributed by atoms with van der Waals surface area (Å²) >= 11 is 0. The molecule has 0 saturated heterocycles. The molecule has 20 heavy (non-hydrogen) atoms. The average Bonchev–Trinajstić information content (AvgIpc) is 2.91. The lowest BCUT2D eigenvalue weighted by Crippen LogP contribution is -2.23. The van der Waals surface area contributed by atoms with Gasteiger partial charge in [-0.25, -0.2) is 4.98 Å². The number of hydrogen-bond acceptors (Lipinski definition) is 2. The molecule has 0 fully saturated rings. The van der Waals surface area contributed by atoms with Crippen LogP contribution in [0, 0.1) is 0 Å². The lowest BCUT2D eigenvalue weighted by molar-refractivity contribution is 0.470. The minimum atomic E-state index is 0.538. The fourth-order valence-corrected chi connectivity index (χ4v) is 3.09. The fourth-order valence-electron chi connectivity index (χ4n) is 3.09. The van der Waals surface area contributed by atoms with Crippen LogP contribution < -0.4 is 5.32 Å². The standard InChI is InChI=1S/C17H23N3/c1-3-8-16-15(6-1)7-2-4-9-17(16)19-10-5-12-20-13-11-18-14-20/h1,3,6,8,11,13-14,17,19H,2,4-5,7,9-10,12H2. The maximum Gasteiger partial charge on any atom is 0.0945 e. The molecular weight excluding hydrogens is 246 g/mol. The Morgan fingerprint density at radius 2 is 2.20 bits per heavy atom. The van der Waals surface area contributed by atoms with E-state index in [2.05, 4.69) is 39.1 Å². The molecule has 3 rings (SSSR count). The van der Waals surface area contributed by atoms with E-state index in [4.69, 9.17) is 0 Å². The van der Waals surface area contributed by atoms with Crippen molar-refractivity contribution in [2.24, 2.45) is 0 Å². The zero-order valence-electron chi connectivity index (χ0n) is 12.0. The Labute approximate surface area is 121 Å². The van der Waals surface area contributed by atoms with Gasteiger partial charge < -0.3 is 9.88 Å². The molecule has 3 nitrogen and oxygen atoms in total. The third-order valence-corrected chi connectivity index (χ3v) is 4.16. The van der Waals surface area contributed by atoms with Gasteiger partial charge in [0.2, 0.25) is 0 Å². The highest BCUT2D eigenvalue weighted by Gasteiger charge is 2.17. The highest BCUT2D eigenvalue weighted by Crippen LogP contribution is 2.28. The Kier molecular flexibility index (Phi) is 4.49. The first kappa shape index (κ1) is 13.4. The summed E-state index contributed by atoms with van der Waals surface area (Å²) in [4.78, 5) is 4.08. The van der Waals surface area contributed by atoms with E-state index in [1.165, 1.54) is 36.8 Å². The van der Waals surface area contributed by atoms with Crippen LogP contribution >= 0.6 is 0 Å². The molecule has 0 radical (unpaired) electrons. The smallest absolute Gasteiger partial charge is 0.0945 e. The van der Waals surface area contributed by atoms with Crippen molar-refractivity contribution in [3.63, 3.8) is 0 Å². The van der Waals surface area contributed by atoms with Crippen LogP contribution in [-0.4, -0.2) is 16.1 Å². The SMILES string of the molecule is c1ccc2c(c1)CCCCC2NCCCn1ccnc1. The Morgan fingerprint density at radius 3 is 3.10 bits per heavy atom. The van der Waals surface area contributed by atoms with Crippen molar-refractivity contribution in [1.82, 2.24) is 14.9 Å². The molecule has 1 aromatic heterocycles. The predicted molar refractivity (Wildman–Crippen MR) is 81.6 cm³/mol. The van der Waals surface area contributed by atoms with Gasteiger partial charge in [0, 0.05) is 25.0 Å². The van der Waals surface area contributed by atoms with Crippen LogP contribution in [0.5, 0.6) is 0 Å². The summed E-state index contributed by atoms with van der Waals surface area (Å²) in [6, 6.07) is 9.47. The van der Waals surface area contributed by atoms with Gasteiger partial charge in [-0.2, -0.15) is 0 Å². The Hall–Kier alpha value is -1.61. The largest absolute Gasteiger partial charge is 0.337 e. The molecule has 0 bridgehead atoms. The van der Waals surface area contributed by atoms with E-state index in [9.17, 15) is 0 Å². The molecule has 0 aliphatic heterocycles. The summed E-state index contributed by atoms with van der Waals surface area (Å²) in [6.45, 7) is 2.11. The summed E-state index contributed by atoms with van der Waals surface area (Å²) in [5.74, 6) is 0. The monoisotopic (exact) mass is 269 g/mol. The molecule has 1 aliphatic carbocycles. The number of imidazole rings is 1. The molecule has 1 unspecified atom stereocenters. The van der Waals surface area contributed by atoms with E-state index in [0.29, 0.717) is 6.04 Å². The van der Waals surface area contributed by atoms with Crippen molar-refractivity contribution in [1.29, 1.82) is 0 Å². The summed E-state index contributed by atoms with van der Waals surface area (Å²) in [6.07, 6.45) is 12.1. The first-order valence-electron chi connectivity index (χ1n) is 7.70. The van der Waals surface area contributed by atoms with Crippen LogP contribution in [0.4, 0.5) is 0 Å². The van der Waals surface area contributed by atoms with E-state index in [0.717, 1.165) is 19.5 Å². The molecular formula is C17H23N3. The van der Waals surface area contributed by atoms with Crippen LogP contribution in [0.2, 0.25) is 0 Å². The van der Waals surface area contributed by atoms with Gasteiger partial charge in [0.1, 0.15) is 0 Å². The van der Waals surface area contributed by atoms with Gasteiger partial charge in [0.05, 0.1) is 6.33 Å². The minimum Gasteiger partial charge on any atom is -0.337 e. The number of fused-ring (bicyclic) bond motifs is 1. The lowest BCUT2D eigenvalue weighted by Gasteiger charge is -2.19. The molecule has 1 N–H and O–H groups in total. The van der Waals surface area contributed by atoms with E-state index < -0.39 is 0 Å². The maximum atomic E-state index is 4.08. The van der Waals surface area contributed by atoms with E-state index in [1.807, 2.05) is 18.7 Å². The molecule has 1 aromatic carbocycles. The van der Waals surface area contributed by atoms with Crippen LogP contribution in [-0.2, 0) is 13.0 Å². The molecule has 0 saturated carbocycles. The van der Waals surface area contributed by atoms with E-state index in [-0.39, 0.29) is 0 Å². The summed E-state index contributed by atoms with van der Waals surface area (Å²) in [5.41, 5.74) is 3.06. The second-order valence-corrected chi connectivity index (χ2v) is 5.61. The van der Waals surface area contributed by atoms with Crippen molar-refractivity contribution in [2.75, 3.05) is 6.54 Å². The van der Waals surface area contributed by atoms with Gasteiger partial charge in [0.25, 0.3) is 0 Å². The van der Waals surface area contributed by atoms with Crippen molar-refractivity contribution >= 4 is 0 Å². The summed E-state index contributed by atoms with van der Waals surface area (Å²) < 4.78 is 2.14. The molecule has 0 amide bonds. The molecule has 1 aliphatic rings. The number of aryl methyl sites for hydroxylation is 2. The van der Waals surface area contributed by atoms with Gasteiger partial charge in [-0.15, -0.1) is 0 Å². The number of aromatic nitrogens is 2. The second-order valence-electron chi connectivity index (χ2n) is 5.61. The van der Waals surface area contributed by atoms with Gasteiger partial charge in [-0.3, -0.25) is 0 Å². The first-order valence-corrected chi connectivity index (χ1v) is 7.70. The molecule has 0 spiro atoms. The number of hydrogen-bond donors (Lipinski definition) is 1. The molecule has 3 heteroatoms. The van der Waals surface area contributed by atoms with Crippen LogP contribution in [0.15, 0.2) is 43.0 Å². The number of nitrogens with one attached hydrogen (secondary N) is 1. The lowest BCUT2D eigenvalue weighted by atomic mass is 9.99. The average molecular weight is 269 g/mol. The van der Waals surface area contributed by atoms with Crippen LogP contribution in [0.1, 0.15) is 42.9 Å². The third kappa shape index (κ3) is 3.28. The van der Waals surface area contributed by atoms with Gasteiger partial charge in [-0.05, 0) is 43.4 Å². The zero-order valence-corrected chi connectivity index (χ0v) is 12.0. The van der Waals surface area contributed by atoms with Gasteiger partial charge in [-0.1, -0.05) is 30.7 Å². The summed E-state index contributed by atoms with van der Waals surface area (Å²) in [5, 5.41) is 3.75. The van der Waals surface area contributed by atoms with Crippen molar-refractivity contribution in [3.8, 4) is 0 Å². The van der Waals surface area contributed by atoms with Gasteiger partial charge in [0.15, 0.2) is 0 Å². The molecule has 1 heterocycles. The minimum absolute atomic E-state index is 0.538. The predicted octanol–water partition coefficient (Wildman–Crippen LogP) is 3.33. The second kappa shape index (κ2) is 6.71. The number of nitrogens with zero attached hydrogens (tertiary/aromatic N) is 2. The van der Waals surface area contributed by atoms with E-state index in [1.54, 1.807) is 0 Å². The van der Waals surface area contributed by atoms with Crippen LogP contribution in [0.25, 0.3) is 0 Å². The van der Waals surface area contributed by atoms with Gasteiger partial charge >= 0.3 is 0 Å². The Bertz CT molecular complexity index is 519. The zero-order chi connectivity index (χ0) is 13.6. The Morgan fingerprint density at radius 1 is 1.25 bits per heavy atom. The maximum absolute atomic E-state index is 4.08. The van der Waals surface area contributed by atoms with Crippen molar-refractivity contribution in [2.45, 2.75) is 44.7 Å². The highest BCUT2D eigenvalue weighted by atomic mass is 15.0. The first-order chi connectivity index (χ1) is 9.93. The third-order valence-electron chi connectivity index (χ3n) is 4.16. The van der Waals surface area contributed by atoms with Crippen molar-refractivity contribution in [3.05, 3.63) is 54.1 Å². The van der Waals surface area contributed by atoms with E-state index >= 15 is 0 Å². The fraction of sp³-hybridized carbons (Fsp3) is 0.471. The quantitative estimate of drug-likeness (QED) is 0.666. The molecule has 2 aromatic rings. The molecule has 106 valence electrons. The molecule has 1 atom stereocenters. The Balaban J connectivity index is 1.54.